The molecule has 0 radical (unpaired) electrons. The number of aromatic nitrogens is 2. The summed E-state index contributed by atoms with van der Waals surface area (Å²) >= 11 is 1.44. The normalized spacial score (nSPS) is 11.7. The van der Waals surface area contributed by atoms with Gasteiger partial charge in [-0.3, -0.25) is 0 Å². The summed E-state index contributed by atoms with van der Waals surface area (Å²) in [6.07, 6.45) is 2.98. The van der Waals surface area contributed by atoms with Gasteiger partial charge in [0.15, 0.2) is 0 Å². The van der Waals surface area contributed by atoms with Gasteiger partial charge in [-0.25, -0.2) is 23.1 Å². The second-order valence-electron chi connectivity index (χ2n) is 4.23. The lowest BCUT2D eigenvalue weighted by Gasteiger charge is -2.08. The van der Waals surface area contributed by atoms with Crippen LogP contribution in [-0.4, -0.2) is 25.4 Å². The third-order valence-corrected chi connectivity index (χ3v) is 5.55. The van der Waals surface area contributed by atoms with Crippen molar-refractivity contribution in [3.8, 4) is 0 Å². The molecule has 0 saturated carbocycles. The molecule has 0 unspecified atom stereocenters. The van der Waals surface area contributed by atoms with E-state index in [-0.39, 0.29) is 6.54 Å². The van der Waals surface area contributed by atoms with E-state index in [2.05, 4.69) is 20.0 Å². The Morgan fingerprint density at radius 1 is 1.35 bits per heavy atom. The van der Waals surface area contributed by atoms with Crippen molar-refractivity contribution in [1.82, 2.24) is 20.0 Å². The van der Waals surface area contributed by atoms with E-state index in [0.717, 1.165) is 10.4 Å². The fourth-order valence-electron chi connectivity index (χ4n) is 1.79. The minimum absolute atomic E-state index is 0.152. The lowest BCUT2D eigenvalue weighted by Crippen LogP contribution is -2.25. The summed E-state index contributed by atoms with van der Waals surface area (Å²) in [4.78, 5) is 8.97. The van der Waals surface area contributed by atoms with Crippen molar-refractivity contribution in [2.45, 2.75) is 24.9 Å². The van der Waals surface area contributed by atoms with Crippen molar-refractivity contribution in [3.63, 3.8) is 0 Å². The molecule has 2 heterocycles. The number of aryl methyl sites for hydroxylation is 1. The Morgan fingerprint density at radius 2 is 2.15 bits per heavy atom. The van der Waals surface area contributed by atoms with Gasteiger partial charge in [0, 0.05) is 17.6 Å². The molecular formula is C12H16N4O2S2. The summed E-state index contributed by atoms with van der Waals surface area (Å²) < 4.78 is 27.4. The average molecular weight is 312 g/mol. The predicted octanol–water partition coefficient (Wildman–Crippen LogP) is 1.04. The summed E-state index contributed by atoms with van der Waals surface area (Å²) in [7, 11) is -1.75. The molecule has 0 spiro atoms. The van der Waals surface area contributed by atoms with Crippen LogP contribution < -0.4 is 10.0 Å². The number of hydrogen-bond acceptors (Lipinski definition) is 6. The summed E-state index contributed by atoms with van der Waals surface area (Å²) in [6, 6.07) is 1.68. The van der Waals surface area contributed by atoms with Gasteiger partial charge in [-0.2, -0.15) is 0 Å². The topological polar surface area (TPSA) is 84.0 Å². The van der Waals surface area contributed by atoms with E-state index in [1.165, 1.54) is 17.7 Å². The zero-order chi connectivity index (χ0) is 14.6. The van der Waals surface area contributed by atoms with Crippen LogP contribution in [0, 0.1) is 6.92 Å². The van der Waals surface area contributed by atoms with Crippen LogP contribution >= 0.6 is 11.3 Å². The molecule has 0 aromatic carbocycles. The predicted molar refractivity (Wildman–Crippen MR) is 77.9 cm³/mol. The van der Waals surface area contributed by atoms with E-state index in [4.69, 9.17) is 0 Å². The molecule has 0 amide bonds. The molecule has 0 aliphatic rings. The molecule has 0 fully saturated rings. The highest BCUT2D eigenvalue weighted by atomic mass is 32.2. The summed E-state index contributed by atoms with van der Waals surface area (Å²) in [5, 5.41) is 4.83. The SMILES string of the molecule is CNCc1scc(C)c1S(=O)(=O)NCc1ccncn1. The Kier molecular flexibility index (Phi) is 4.81. The molecule has 0 bridgehead atoms. The van der Waals surface area contributed by atoms with E-state index < -0.39 is 10.0 Å². The number of thiophene rings is 1. The van der Waals surface area contributed by atoms with Gasteiger partial charge in [0.1, 0.15) is 11.2 Å². The molecular weight excluding hydrogens is 296 g/mol. The quantitative estimate of drug-likeness (QED) is 0.833. The largest absolute Gasteiger partial charge is 0.315 e. The lowest BCUT2D eigenvalue weighted by molar-refractivity contribution is 0.578. The highest BCUT2D eigenvalue weighted by Gasteiger charge is 2.22. The molecule has 0 aliphatic heterocycles. The van der Waals surface area contributed by atoms with Gasteiger partial charge in [-0.15, -0.1) is 11.3 Å². The highest BCUT2D eigenvalue weighted by molar-refractivity contribution is 7.89. The number of nitrogens with one attached hydrogen (secondary N) is 2. The molecule has 2 aromatic heterocycles. The Hall–Kier alpha value is -1.35. The van der Waals surface area contributed by atoms with Gasteiger partial charge in [0.2, 0.25) is 10.0 Å². The zero-order valence-electron chi connectivity index (χ0n) is 11.3. The molecule has 2 aromatic rings. The van der Waals surface area contributed by atoms with Crippen LogP contribution in [0.1, 0.15) is 16.1 Å². The smallest absolute Gasteiger partial charge is 0.242 e. The number of hydrogen-bond donors (Lipinski definition) is 2. The van der Waals surface area contributed by atoms with Gasteiger partial charge < -0.3 is 5.32 Å². The van der Waals surface area contributed by atoms with Crippen molar-refractivity contribution in [3.05, 3.63) is 40.1 Å². The van der Waals surface area contributed by atoms with Crippen molar-refractivity contribution in [2.75, 3.05) is 7.05 Å². The molecule has 0 saturated heterocycles. The summed E-state index contributed by atoms with van der Waals surface area (Å²) in [5.74, 6) is 0. The highest BCUT2D eigenvalue weighted by Crippen LogP contribution is 2.26. The Balaban J connectivity index is 2.20. The minimum Gasteiger partial charge on any atom is -0.315 e. The van der Waals surface area contributed by atoms with E-state index in [0.29, 0.717) is 17.1 Å². The van der Waals surface area contributed by atoms with Crippen molar-refractivity contribution < 1.29 is 8.42 Å². The van der Waals surface area contributed by atoms with Gasteiger partial charge in [-0.1, -0.05) is 0 Å². The van der Waals surface area contributed by atoms with E-state index in [1.807, 2.05) is 5.38 Å². The molecule has 8 heteroatoms. The van der Waals surface area contributed by atoms with Gasteiger partial charge in [0.25, 0.3) is 0 Å². The van der Waals surface area contributed by atoms with Gasteiger partial charge >= 0.3 is 0 Å². The molecule has 6 nitrogen and oxygen atoms in total. The Bertz CT molecular complexity index is 668. The maximum Gasteiger partial charge on any atom is 0.242 e. The van der Waals surface area contributed by atoms with Crippen LogP contribution in [0.15, 0.2) is 28.9 Å². The van der Waals surface area contributed by atoms with Crippen molar-refractivity contribution >= 4 is 21.4 Å². The fraction of sp³-hybridized carbons (Fsp3) is 0.333. The monoisotopic (exact) mass is 312 g/mol. The zero-order valence-corrected chi connectivity index (χ0v) is 12.9. The van der Waals surface area contributed by atoms with Crippen molar-refractivity contribution in [2.24, 2.45) is 0 Å². The van der Waals surface area contributed by atoms with Crippen molar-refractivity contribution in [1.29, 1.82) is 0 Å². The third kappa shape index (κ3) is 3.40. The standard InChI is InChI=1S/C12H16N4O2S2/c1-9-7-19-11(6-13-2)12(9)20(17,18)16-5-10-3-4-14-8-15-10/h3-4,7-8,13,16H,5-6H2,1-2H3. The number of nitrogens with zero attached hydrogens (tertiary/aromatic N) is 2. The first-order valence-corrected chi connectivity index (χ1v) is 8.37. The first kappa shape index (κ1) is 15.0. The molecule has 2 N–H and O–H groups in total. The van der Waals surface area contributed by atoms with Crippen LogP contribution in [-0.2, 0) is 23.1 Å². The summed E-state index contributed by atoms with van der Waals surface area (Å²) in [6.45, 7) is 2.48. The Morgan fingerprint density at radius 3 is 2.80 bits per heavy atom. The van der Waals surface area contributed by atoms with Crippen LogP contribution in [0.25, 0.3) is 0 Å². The number of rotatable bonds is 6. The second-order valence-corrected chi connectivity index (χ2v) is 6.89. The van der Waals surface area contributed by atoms with Crippen LogP contribution in [0.4, 0.5) is 0 Å². The van der Waals surface area contributed by atoms with E-state index in [9.17, 15) is 8.42 Å². The fourth-order valence-corrected chi connectivity index (χ4v) is 4.61. The van der Waals surface area contributed by atoms with Gasteiger partial charge in [-0.05, 0) is 31.0 Å². The third-order valence-electron chi connectivity index (χ3n) is 2.68. The molecule has 2 rings (SSSR count). The van der Waals surface area contributed by atoms with Crippen LogP contribution in [0.2, 0.25) is 0 Å². The molecule has 0 aliphatic carbocycles. The average Bonchev–Trinajstić information content (AvgIpc) is 2.80. The maximum atomic E-state index is 12.4. The van der Waals surface area contributed by atoms with Crippen LogP contribution in [0.5, 0.6) is 0 Å². The first-order valence-electron chi connectivity index (χ1n) is 6.00. The number of sulfonamides is 1. The minimum atomic E-state index is -3.54. The maximum absolute atomic E-state index is 12.4. The molecule has 20 heavy (non-hydrogen) atoms. The molecule has 0 atom stereocenters. The van der Waals surface area contributed by atoms with Gasteiger partial charge in [0.05, 0.1) is 12.2 Å². The van der Waals surface area contributed by atoms with Crippen LogP contribution in [0.3, 0.4) is 0 Å². The lowest BCUT2D eigenvalue weighted by atomic mass is 10.3. The van der Waals surface area contributed by atoms with E-state index >= 15 is 0 Å². The molecule has 108 valence electrons. The second kappa shape index (κ2) is 6.40. The Labute approximate surface area is 122 Å². The summed E-state index contributed by atoms with van der Waals surface area (Å²) in [5.41, 5.74) is 1.39. The first-order chi connectivity index (χ1) is 9.54. The van der Waals surface area contributed by atoms with E-state index in [1.54, 1.807) is 26.2 Å².